The monoisotopic (exact) mass is 351 g/mol. The van der Waals surface area contributed by atoms with E-state index in [1.165, 1.54) is 11.1 Å². The average Bonchev–Trinajstić information content (AvgIpc) is 2.67. The van der Waals surface area contributed by atoms with Crippen LogP contribution in [-0.2, 0) is 6.54 Å². The SMILES string of the molecule is COc1ccc(OC)c(Nc2nncc(NCc3ccccc3C)n2)c1. The smallest absolute Gasteiger partial charge is 0.249 e. The van der Waals surface area contributed by atoms with Crippen LogP contribution >= 0.6 is 0 Å². The second kappa shape index (κ2) is 8.15. The predicted molar refractivity (Wildman–Crippen MR) is 101 cm³/mol. The Kier molecular flexibility index (Phi) is 5.48. The summed E-state index contributed by atoms with van der Waals surface area (Å²) < 4.78 is 10.6. The molecule has 1 aromatic heterocycles. The van der Waals surface area contributed by atoms with E-state index >= 15 is 0 Å². The fourth-order valence-electron chi connectivity index (χ4n) is 2.47. The highest BCUT2D eigenvalue weighted by Gasteiger charge is 2.08. The second-order valence-electron chi connectivity index (χ2n) is 5.64. The van der Waals surface area contributed by atoms with Crippen molar-refractivity contribution in [2.24, 2.45) is 0 Å². The molecule has 7 heteroatoms. The van der Waals surface area contributed by atoms with Crippen LogP contribution in [0.4, 0.5) is 17.5 Å². The van der Waals surface area contributed by atoms with Crippen molar-refractivity contribution in [3.63, 3.8) is 0 Å². The van der Waals surface area contributed by atoms with Gasteiger partial charge in [-0.25, -0.2) is 0 Å². The van der Waals surface area contributed by atoms with Crippen LogP contribution in [0.1, 0.15) is 11.1 Å². The number of aryl methyl sites for hydroxylation is 1. The van der Waals surface area contributed by atoms with Crippen molar-refractivity contribution in [1.82, 2.24) is 15.2 Å². The Hall–Kier alpha value is -3.35. The lowest BCUT2D eigenvalue weighted by atomic mass is 10.1. The lowest BCUT2D eigenvalue weighted by Crippen LogP contribution is -2.07. The minimum Gasteiger partial charge on any atom is -0.497 e. The molecule has 0 aliphatic heterocycles. The number of rotatable bonds is 7. The molecule has 3 aromatic rings. The first-order valence-electron chi connectivity index (χ1n) is 8.16. The van der Waals surface area contributed by atoms with Crippen LogP contribution in [0.15, 0.2) is 48.7 Å². The molecule has 0 amide bonds. The van der Waals surface area contributed by atoms with Crippen LogP contribution in [-0.4, -0.2) is 29.4 Å². The van der Waals surface area contributed by atoms with E-state index in [1.807, 2.05) is 30.3 Å². The van der Waals surface area contributed by atoms with Gasteiger partial charge in [-0.15, -0.1) is 5.10 Å². The molecule has 0 fully saturated rings. The molecule has 0 bridgehead atoms. The molecule has 0 atom stereocenters. The molecule has 26 heavy (non-hydrogen) atoms. The van der Waals surface area contributed by atoms with Gasteiger partial charge >= 0.3 is 0 Å². The van der Waals surface area contributed by atoms with Gasteiger partial charge < -0.3 is 20.1 Å². The quantitative estimate of drug-likeness (QED) is 0.673. The lowest BCUT2D eigenvalue weighted by Gasteiger charge is -2.12. The predicted octanol–water partition coefficient (Wildman–Crippen LogP) is 3.55. The standard InChI is InChI=1S/C19H21N5O2/c1-13-6-4-5-7-14(13)11-20-18-12-21-24-19(23-18)22-16-10-15(25-2)8-9-17(16)26-3/h4-10,12H,11H2,1-3H3,(H2,20,22,23,24). The van der Waals surface area contributed by atoms with Gasteiger partial charge in [0.25, 0.3) is 0 Å². The van der Waals surface area contributed by atoms with E-state index in [4.69, 9.17) is 9.47 Å². The maximum absolute atomic E-state index is 5.36. The molecule has 0 saturated carbocycles. The minimum atomic E-state index is 0.367. The largest absolute Gasteiger partial charge is 0.497 e. The summed E-state index contributed by atoms with van der Waals surface area (Å²) in [6.45, 7) is 2.74. The Morgan fingerprint density at radius 3 is 2.65 bits per heavy atom. The Labute approximate surface area is 152 Å². The van der Waals surface area contributed by atoms with Gasteiger partial charge in [-0.2, -0.15) is 10.1 Å². The highest BCUT2D eigenvalue weighted by atomic mass is 16.5. The molecule has 134 valence electrons. The van der Waals surface area contributed by atoms with Crippen LogP contribution < -0.4 is 20.1 Å². The number of hydrogen-bond donors (Lipinski definition) is 2. The third kappa shape index (κ3) is 4.18. The Morgan fingerprint density at radius 1 is 1.04 bits per heavy atom. The summed E-state index contributed by atoms with van der Waals surface area (Å²) in [6, 6.07) is 13.7. The first kappa shape index (κ1) is 17.5. The number of aromatic nitrogens is 3. The number of methoxy groups -OCH3 is 2. The molecular weight excluding hydrogens is 330 g/mol. The molecule has 2 N–H and O–H groups in total. The summed E-state index contributed by atoms with van der Waals surface area (Å²) in [7, 11) is 3.21. The molecule has 0 aliphatic rings. The molecule has 2 aromatic carbocycles. The summed E-state index contributed by atoms with van der Waals surface area (Å²) >= 11 is 0. The highest BCUT2D eigenvalue weighted by Crippen LogP contribution is 2.30. The molecule has 0 unspecified atom stereocenters. The van der Waals surface area contributed by atoms with Gasteiger partial charge in [0.2, 0.25) is 5.95 Å². The average molecular weight is 351 g/mol. The topological polar surface area (TPSA) is 81.2 Å². The first-order valence-corrected chi connectivity index (χ1v) is 8.16. The van der Waals surface area contributed by atoms with Gasteiger partial charge in [0.15, 0.2) is 5.82 Å². The van der Waals surface area contributed by atoms with E-state index in [0.717, 1.165) is 0 Å². The van der Waals surface area contributed by atoms with Crippen molar-refractivity contribution in [3.05, 3.63) is 59.8 Å². The fourth-order valence-corrected chi connectivity index (χ4v) is 2.47. The van der Waals surface area contributed by atoms with Gasteiger partial charge in [0.1, 0.15) is 11.5 Å². The molecule has 1 heterocycles. The summed E-state index contributed by atoms with van der Waals surface area (Å²) in [6.07, 6.45) is 1.59. The number of hydrogen-bond acceptors (Lipinski definition) is 7. The minimum absolute atomic E-state index is 0.367. The number of ether oxygens (including phenoxy) is 2. The van der Waals surface area contributed by atoms with E-state index in [0.29, 0.717) is 35.5 Å². The summed E-state index contributed by atoms with van der Waals surface area (Å²) in [5.74, 6) is 2.36. The zero-order valence-electron chi connectivity index (χ0n) is 15.0. The summed E-state index contributed by atoms with van der Waals surface area (Å²) in [4.78, 5) is 4.45. The van der Waals surface area contributed by atoms with Crippen molar-refractivity contribution in [2.75, 3.05) is 24.9 Å². The lowest BCUT2D eigenvalue weighted by molar-refractivity contribution is 0.405. The zero-order chi connectivity index (χ0) is 18.4. The van der Waals surface area contributed by atoms with Crippen molar-refractivity contribution in [3.8, 4) is 11.5 Å². The van der Waals surface area contributed by atoms with Gasteiger partial charge in [0, 0.05) is 12.6 Å². The maximum atomic E-state index is 5.36. The van der Waals surface area contributed by atoms with Gasteiger partial charge in [-0.1, -0.05) is 24.3 Å². The van der Waals surface area contributed by atoms with Crippen LogP contribution in [0.25, 0.3) is 0 Å². The molecule has 0 aliphatic carbocycles. The van der Waals surface area contributed by atoms with E-state index in [1.54, 1.807) is 20.4 Å². The Bertz CT molecular complexity index is 885. The van der Waals surface area contributed by atoms with Crippen molar-refractivity contribution < 1.29 is 9.47 Å². The van der Waals surface area contributed by atoms with Crippen LogP contribution in [0.5, 0.6) is 11.5 Å². The van der Waals surface area contributed by atoms with E-state index < -0.39 is 0 Å². The Balaban J connectivity index is 1.74. The molecule has 0 spiro atoms. The second-order valence-corrected chi connectivity index (χ2v) is 5.64. The number of benzene rings is 2. The normalized spacial score (nSPS) is 10.3. The summed E-state index contributed by atoms with van der Waals surface area (Å²) in [5.41, 5.74) is 3.13. The molecule has 7 nitrogen and oxygen atoms in total. The van der Waals surface area contributed by atoms with Crippen molar-refractivity contribution >= 4 is 17.5 Å². The van der Waals surface area contributed by atoms with Gasteiger partial charge in [-0.05, 0) is 30.2 Å². The van der Waals surface area contributed by atoms with E-state index in [-0.39, 0.29) is 0 Å². The van der Waals surface area contributed by atoms with Gasteiger partial charge in [-0.3, -0.25) is 0 Å². The molecule has 3 rings (SSSR count). The third-order valence-corrected chi connectivity index (χ3v) is 3.93. The summed E-state index contributed by atoms with van der Waals surface area (Å²) in [5, 5.41) is 14.4. The van der Waals surface area contributed by atoms with E-state index in [9.17, 15) is 0 Å². The van der Waals surface area contributed by atoms with Crippen LogP contribution in [0.3, 0.4) is 0 Å². The number of anilines is 3. The zero-order valence-corrected chi connectivity index (χ0v) is 15.0. The molecule has 0 radical (unpaired) electrons. The van der Waals surface area contributed by atoms with E-state index in [2.05, 4.69) is 44.9 Å². The Morgan fingerprint density at radius 2 is 1.88 bits per heavy atom. The maximum Gasteiger partial charge on any atom is 0.249 e. The molecule has 0 saturated heterocycles. The number of nitrogens with one attached hydrogen (secondary N) is 2. The number of nitrogens with zero attached hydrogens (tertiary/aromatic N) is 3. The fraction of sp³-hybridized carbons (Fsp3) is 0.211. The van der Waals surface area contributed by atoms with Crippen LogP contribution in [0.2, 0.25) is 0 Å². The molecular formula is C19H21N5O2. The third-order valence-electron chi connectivity index (χ3n) is 3.93. The van der Waals surface area contributed by atoms with Crippen molar-refractivity contribution in [2.45, 2.75) is 13.5 Å². The highest BCUT2D eigenvalue weighted by molar-refractivity contribution is 5.65. The first-order chi connectivity index (χ1) is 12.7. The van der Waals surface area contributed by atoms with Crippen LogP contribution in [0, 0.1) is 6.92 Å². The van der Waals surface area contributed by atoms with Gasteiger partial charge in [0.05, 0.1) is 26.1 Å². The van der Waals surface area contributed by atoms with Crippen molar-refractivity contribution in [1.29, 1.82) is 0 Å².